The van der Waals surface area contributed by atoms with Crippen LogP contribution in [0.25, 0.3) is 0 Å². The average molecular weight is 261 g/mol. The van der Waals surface area contributed by atoms with Crippen LogP contribution in [0.3, 0.4) is 0 Å². The summed E-state index contributed by atoms with van der Waals surface area (Å²) in [6.07, 6.45) is 6.28. The molecule has 106 valence electrons. The minimum absolute atomic E-state index is 0.414. The van der Waals surface area contributed by atoms with Crippen molar-refractivity contribution in [3.63, 3.8) is 0 Å². The fourth-order valence-electron chi connectivity index (χ4n) is 2.70. The van der Waals surface area contributed by atoms with Gasteiger partial charge in [-0.3, -0.25) is 0 Å². The Hall–Kier alpha value is -0.860. The standard InChI is InChI=1S/C17H27NO/c1-3-11-19-12-10-17(18-2)16-9-5-8-15(13-16)14-6-4-7-14/h5,8-9,13-14,17-18H,3-4,6-7,10-12H2,1-2H3. The summed E-state index contributed by atoms with van der Waals surface area (Å²) in [5.74, 6) is 0.814. The fraction of sp³-hybridized carbons (Fsp3) is 0.647. The summed E-state index contributed by atoms with van der Waals surface area (Å²) < 4.78 is 5.61. The first kappa shape index (κ1) is 14.5. The predicted molar refractivity (Wildman–Crippen MR) is 80.6 cm³/mol. The van der Waals surface area contributed by atoms with Crippen molar-refractivity contribution in [3.8, 4) is 0 Å². The summed E-state index contributed by atoms with van der Waals surface area (Å²) in [5, 5.41) is 3.42. The van der Waals surface area contributed by atoms with Crippen LogP contribution >= 0.6 is 0 Å². The number of hydrogen-bond donors (Lipinski definition) is 1. The second kappa shape index (κ2) is 7.66. The third-order valence-electron chi connectivity index (χ3n) is 4.14. The van der Waals surface area contributed by atoms with E-state index in [1.54, 1.807) is 0 Å². The monoisotopic (exact) mass is 261 g/mol. The molecule has 0 amide bonds. The quantitative estimate of drug-likeness (QED) is 0.713. The molecule has 0 saturated heterocycles. The van der Waals surface area contributed by atoms with E-state index < -0.39 is 0 Å². The summed E-state index contributed by atoms with van der Waals surface area (Å²) in [6.45, 7) is 3.86. The highest BCUT2D eigenvalue weighted by Crippen LogP contribution is 2.37. The largest absolute Gasteiger partial charge is 0.381 e. The molecule has 1 aliphatic carbocycles. The van der Waals surface area contributed by atoms with Crippen LogP contribution in [-0.2, 0) is 4.74 Å². The zero-order valence-electron chi connectivity index (χ0n) is 12.3. The zero-order valence-corrected chi connectivity index (χ0v) is 12.3. The molecule has 0 radical (unpaired) electrons. The van der Waals surface area contributed by atoms with E-state index in [9.17, 15) is 0 Å². The van der Waals surface area contributed by atoms with E-state index in [1.807, 2.05) is 7.05 Å². The maximum Gasteiger partial charge on any atom is 0.0484 e. The summed E-state index contributed by atoms with van der Waals surface area (Å²) in [7, 11) is 2.04. The molecule has 1 unspecified atom stereocenters. The molecular formula is C17H27NO. The van der Waals surface area contributed by atoms with Crippen molar-refractivity contribution >= 4 is 0 Å². The Morgan fingerprint density at radius 2 is 2.16 bits per heavy atom. The first-order valence-electron chi connectivity index (χ1n) is 7.70. The summed E-state index contributed by atoms with van der Waals surface area (Å²) in [5.41, 5.74) is 2.94. The first-order chi connectivity index (χ1) is 9.35. The molecule has 1 aromatic carbocycles. The maximum atomic E-state index is 5.61. The van der Waals surface area contributed by atoms with Gasteiger partial charge in [-0.25, -0.2) is 0 Å². The van der Waals surface area contributed by atoms with Crippen molar-refractivity contribution in [2.45, 2.75) is 51.0 Å². The average Bonchev–Trinajstić information content (AvgIpc) is 2.37. The molecule has 0 heterocycles. The van der Waals surface area contributed by atoms with Crippen LogP contribution in [0.1, 0.15) is 62.1 Å². The Kier molecular flexibility index (Phi) is 5.87. The highest BCUT2D eigenvalue weighted by atomic mass is 16.5. The molecule has 0 spiro atoms. The summed E-state index contributed by atoms with van der Waals surface area (Å²) in [4.78, 5) is 0. The Balaban J connectivity index is 1.93. The highest BCUT2D eigenvalue weighted by Gasteiger charge is 2.20. The van der Waals surface area contributed by atoms with Crippen LogP contribution in [0.4, 0.5) is 0 Å². The Morgan fingerprint density at radius 3 is 2.79 bits per heavy atom. The molecule has 19 heavy (non-hydrogen) atoms. The van der Waals surface area contributed by atoms with Gasteiger partial charge in [-0.05, 0) is 49.8 Å². The van der Waals surface area contributed by atoms with Gasteiger partial charge >= 0.3 is 0 Å². The fourth-order valence-corrected chi connectivity index (χ4v) is 2.70. The van der Waals surface area contributed by atoms with Crippen LogP contribution in [-0.4, -0.2) is 20.3 Å². The van der Waals surface area contributed by atoms with Crippen LogP contribution < -0.4 is 5.32 Å². The van der Waals surface area contributed by atoms with Gasteiger partial charge in [0.25, 0.3) is 0 Å². The van der Waals surface area contributed by atoms with Gasteiger partial charge in [0.1, 0.15) is 0 Å². The molecule has 0 aliphatic heterocycles. The smallest absolute Gasteiger partial charge is 0.0484 e. The molecule has 1 fully saturated rings. The number of hydrogen-bond acceptors (Lipinski definition) is 2. The lowest BCUT2D eigenvalue weighted by Crippen LogP contribution is -2.19. The van der Waals surface area contributed by atoms with E-state index in [0.717, 1.165) is 32.0 Å². The first-order valence-corrected chi connectivity index (χ1v) is 7.70. The van der Waals surface area contributed by atoms with Gasteiger partial charge in [-0.1, -0.05) is 37.6 Å². The Morgan fingerprint density at radius 1 is 1.32 bits per heavy atom. The summed E-state index contributed by atoms with van der Waals surface area (Å²) >= 11 is 0. The van der Waals surface area contributed by atoms with E-state index in [4.69, 9.17) is 4.74 Å². The molecule has 2 heteroatoms. The molecule has 0 aromatic heterocycles. The molecule has 2 rings (SSSR count). The van der Waals surface area contributed by atoms with Gasteiger partial charge in [0, 0.05) is 19.3 Å². The third-order valence-corrected chi connectivity index (χ3v) is 4.14. The predicted octanol–water partition coefficient (Wildman–Crippen LogP) is 4.03. The Labute approximate surface area is 117 Å². The van der Waals surface area contributed by atoms with Crippen molar-refractivity contribution in [2.75, 3.05) is 20.3 Å². The van der Waals surface area contributed by atoms with Gasteiger partial charge < -0.3 is 10.1 Å². The Bertz CT molecular complexity index is 373. The van der Waals surface area contributed by atoms with Crippen molar-refractivity contribution in [3.05, 3.63) is 35.4 Å². The molecule has 1 aromatic rings. The third kappa shape index (κ3) is 4.05. The van der Waals surface area contributed by atoms with Gasteiger partial charge in [0.15, 0.2) is 0 Å². The lowest BCUT2D eigenvalue weighted by molar-refractivity contribution is 0.125. The van der Waals surface area contributed by atoms with E-state index >= 15 is 0 Å². The lowest BCUT2D eigenvalue weighted by Gasteiger charge is -2.27. The van der Waals surface area contributed by atoms with Gasteiger partial charge in [-0.2, -0.15) is 0 Å². The normalized spacial score (nSPS) is 17.2. The molecule has 1 N–H and O–H groups in total. The number of nitrogens with one attached hydrogen (secondary N) is 1. The van der Waals surface area contributed by atoms with Gasteiger partial charge in [0.05, 0.1) is 0 Å². The van der Waals surface area contributed by atoms with Crippen LogP contribution in [0.15, 0.2) is 24.3 Å². The molecule has 2 nitrogen and oxygen atoms in total. The van der Waals surface area contributed by atoms with Crippen molar-refractivity contribution in [1.82, 2.24) is 5.32 Å². The highest BCUT2D eigenvalue weighted by molar-refractivity contribution is 5.29. The second-order valence-electron chi connectivity index (χ2n) is 5.54. The number of benzene rings is 1. The second-order valence-corrected chi connectivity index (χ2v) is 5.54. The van der Waals surface area contributed by atoms with Crippen LogP contribution in [0, 0.1) is 0 Å². The molecule has 0 bridgehead atoms. The van der Waals surface area contributed by atoms with Crippen molar-refractivity contribution in [2.24, 2.45) is 0 Å². The maximum absolute atomic E-state index is 5.61. The molecule has 1 aliphatic rings. The minimum atomic E-state index is 0.414. The number of ether oxygens (including phenoxy) is 1. The minimum Gasteiger partial charge on any atom is -0.381 e. The zero-order chi connectivity index (χ0) is 13.5. The SMILES string of the molecule is CCCOCCC(NC)c1cccc(C2CCC2)c1. The lowest BCUT2D eigenvalue weighted by atomic mass is 9.79. The summed E-state index contributed by atoms with van der Waals surface area (Å²) in [6, 6.07) is 9.54. The van der Waals surface area contributed by atoms with Crippen LogP contribution in [0.2, 0.25) is 0 Å². The van der Waals surface area contributed by atoms with Crippen LogP contribution in [0.5, 0.6) is 0 Å². The van der Waals surface area contributed by atoms with Crippen molar-refractivity contribution < 1.29 is 4.74 Å². The van der Waals surface area contributed by atoms with Gasteiger partial charge in [0.2, 0.25) is 0 Å². The number of rotatable bonds is 8. The molecule has 1 atom stereocenters. The van der Waals surface area contributed by atoms with Crippen molar-refractivity contribution in [1.29, 1.82) is 0 Å². The van der Waals surface area contributed by atoms with E-state index in [-0.39, 0.29) is 0 Å². The van der Waals surface area contributed by atoms with E-state index in [1.165, 1.54) is 30.4 Å². The van der Waals surface area contributed by atoms with E-state index in [2.05, 4.69) is 36.5 Å². The molecule has 1 saturated carbocycles. The topological polar surface area (TPSA) is 21.3 Å². The van der Waals surface area contributed by atoms with E-state index in [0.29, 0.717) is 6.04 Å². The van der Waals surface area contributed by atoms with Gasteiger partial charge in [-0.15, -0.1) is 0 Å². The molecular weight excluding hydrogens is 234 g/mol.